The third-order valence-corrected chi connectivity index (χ3v) is 7.02. The Morgan fingerprint density at radius 1 is 1.15 bits per heavy atom. The van der Waals surface area contributed by atoms with Gasteiger partial charge < -0.3 is 11.1 Å². The van der Waals surface area contributed by atoms with Crippen molar-refractivity contribution < 1.29 is 13.2 Å². The van der Waals surface area contributed by atoms with Crippen molar-refractivity contribution in [2.45, 2.75) is 49.3 Å². The quantitative estimate of drug-likeness (QED) is 0.806. The minimum Gasteiger partial charge on any atom is -0.399 e. The highest BCUT2D eigenvalue weighted by molar-refractivity contribution is 7.92. The number of nitrogen functional groups attached to an aromatic ring is 1. The van der Waals surface area contributed by atoms with Crippen LogP contribution in [0.2, 0.25) is 0 Å². The molecule has 6 heteroatoms. The molecule has 2 aromatic carbocycles. The van der Waals surface area contributed by atoms with Crippen LogP contribution in [0.5, 0.6) is 0 Å². The van der Waals surface area contributed by atoms with E-state index in [0.29, 0.717) is 5.56 Å². The lowest BCUT2D eigenvalue weighted by Crippen LogP contribution is -2.31. The number of sulfone groups is 1. The van der Waals surface area contributed by atoms with Gasteiger partial charge in [-0.3, -0.25) is 4.79 Å². The molecule has 0 radical (unpaired) electrons. The zero-order chi connectivity index (χ0) is 18.9. The molecule has 5 nitrogen and oxygen atoms in total. The maximum atomic E-state index is 12.6. The van der Waals surface area contributed by atoms with Crippen LogP contribution in [-0.2, 0) is 16.3 Å². The summed E-state index contributed by atoms with van der Waals surface area (Å²) in [4.78, 5) is 12.8. The first-order valence-corrected chi connectivity index (χ1v) is 10.4. The van der Waals surface area contributed by atoms with E-state index in [4.69, 9.17) is 5.73 Å². The Bertz CT molecular complexity index is 919. The fourth-order valence-corrected chi connectivity index (χ4v) is 4.35. The molecule has 3 rings (SSSR count). The van der Waals surface area contributed by atoms with Crippen LogP contribution in [-0.4, -0.2) is 19.6 Å². The summed E-state index contributed by atoms with van der Waals surface area (Å²) in [5.74, 6) is -0.201. The molecule has 0 aliphatic heterocycles. The normalized spacial score (nSPS) is 17.0. The molecular weight excluding hydrogens is 348 g/mol. The summed E-state index contributed by atoms with van der Waals surface area (Å²) < 4.78 is 24.4. The minimum atomic E-state index is -3.33. The number of carbonyl (C=O) groups excluding carboxylic acids is 1. The number of nitrogens with two attached hydrogens (primary N) is 1. The summed E-state index contributed by atoms with van der Waals surface area (Å²) in [6, 6.07) is 11.9. The van der Waals surface area contributed by atoms with E-state index in [9.17, 15) is 13.2 Å². The van der Waals surface area contributed by atoms with Crippen LogP contribution in [0.25, 0.3) is 0 Å². The molecule has 138 valence electrons. The van der Waals surface area contributed by atoms with Gasteiger partial charge in [-0.2, -0.15) is 0 Å². The Hall–Kier alpha value is -2.34. The highest BCUT2D eigenvalue weighted by Crippen LogP contribution is 2.31. The van der Waals surface area contributed by atoms with Gasteiger partial charge in [0.1, 0.15) is 0 Å². The van der Waals surface area contributed by atoms with Gasteiger partial charge in [0.05, 0.1) is 16.2 Å². The van der Waals surface area contributed by atoms with Crippen molar-refractivity contribution in [3.8, 4) is 0 Å². The molecule has 1 unspecified atom stereocenters. The van der Waals surface area contributed by atoms with Crippen molar-refractivity contribution in [1.82, 2.24) is 5.32 Å². The van der Waals surface area contributed by atoms with E-state index in [1.165, 1.54) is 17.7 Å². The second-order valence-corrected chi connectivity index (χ2v) is 9.50. The topological polar surface area (TPSA) is 89.3 Å². The van der Waals surface area contributed by atoms with Crippen LogP contribution in [0, 0.1) is 0 Å². The van der Waals surface area contributed by atoms with E-state index in [1.54, 1.807) is 26.0 Å². The van der Waals surface area contributed by atoms with E-state index in [2.05, 4.69) is 5.32 Å². The maximum Gasteiger partial charge on any atom is 0.251 e. The fourth-order valence-electron chi connectivity index (χ4n) is 3.29. The van der Waals surface area contributed by atoms with Crippen molar-refractivity contribution in [2.24, 2.45) is 0 Å². The fraction of sp³-hybridized carbons (Fsp3) is 0.350. The van der Waals surface area contributed by atoms with Crippen molar-refractivity contribution >= 4 is 21.4 Å². The van der Waals surface area contributed by atoms with Gasteiger partial charge in [-0.25, -0.2) is 8.42 Å². The number of benzene rings is 2. The van der Waals surface area contributed by atoms with Gasteiger partial charge in [0.2, 0.25) is 0 Å². The first kappa shape index (κ1) is 18.5. The van der Waals surface area contributed by atoms with Gasteiger partial charge in [0, 0.05) is 11.3 Å². The Labute approximate surface area is 154 Å². The number of anilines is 1. The molecule has 0 fully saturated rings. The van der Waals surface area contributed by atoms with Crippen molar-refractivity contribution in [2.75, 3.05) is 5.73 Å². The van der Waals surface area contributed by atoms with Gasteiger partial charge in [-0.1, -0.05) is 6.07 Å². The SMILES string of the molecule is CC(C)S(=O)(=O)c1ccc(C(=O)NC2CCCc3cc(N)ccc32)cc1. The number of amides is 1. The molecule has 0 saturated carbocycles. The zero-order valence-electron chi connectivity index (χ0n) is 15.0. The number of hydrogen-bond donors (Lipinski definition) is 2. The first-order chi connectivity index (χ1) is 12.3. The smallest absolute Gasteiger partial charge is 0.251 e. The molecule has 1 aliphatic rings. The minimum absolute atomic E-state index is 0.0501. The molecule has 3 N–H and O–H groups in total. The van der Waals surface area contributed by atoms with E-state index >= 15 is 0 Å². The highest BCUT2D eigenvalue weighted by atomic mass is 32.2. The monoisotopic (exact) mass is 372 g/mol. The lowest BCUT2D eigenvalue weighted by molar-refractivity contribution is 0.0932. The summed E-state index contributed by atoms with van der Waals surface area (Å²) in [6.45, 7) is 3.28. The Kier molecular flexibility index (Phi) is 5.05. The van der Waals surface area contributed by atoms with Crippen LogP contribution in [0.15, 0.2) is 47.4 Å². The summed E-state index contributed by atoms with van der Waals surface area (Å²) in [5, 5.41) is 2.57. The van der Waals surface area contributed by atoms with Crippen LogP contribution in [0.1, 0.15) is 54.2 Å². The number of aryl methyl sites for hydroxylation is 1. The standard InChI is InChI=1S/C20H24N2O3S/c1-13(2)26(24,25)17-9-6-14(7-10-17)20(23)22-19-5-3-4-15-12-16(21)8-11-18(15)19/h6-13,19H,3-5,21H2,1-2H3,(H,22,23). The van der Waals surface area contributed by atoms with Crippen LogP contribution >= 0.6 is 0 Å². The third-order valence-electron chi connectivity index (χ3n) is 4.85. The lowest BCUT2D eigenvalue weighted by Gasteiger charge is -2.26. The molecule has 1 amide bonds. The molecule has 0 saturated heterocycles. The average molecular weight is 372 g/mol. The lowest BCUT2D eigenvalue weighted by atomic mass is 9.87. The van der Waals surface area contributed by atoms with Gasteiger partial charge in [0.15, 0.2) is 9.84 Å². The number of rotatable bonds is 4. The third kappa shape index (κ3) is 3.60. The molecule has 0 heterocycles. The number of hydrogen-bond acceptors (Lipinski definition) is 4. The molecule has 0 spiro atoms. The molecule has 2 aromatic rings. The Balaban J connectivity index is 1.78. The summed E-state index contributed by atoms with van der Waals surface area (Å²) in [7, 11) is -3.33. The maximum absolute atomic E-state index is 12.6. The van der Waals surface area contributed by atoms with Crippen LogP contribution in [0.3, 0.4) is 0 Å². The Morgan fingerprint density at radius 2 is 1.85 bits per heavy atom. The van der Waals surface area contributed by atoms with Gasteiger partial charge in [-0.15, -0.1) is 0 Å². The number of fused-ring (bicyclic) bond motifs is 1. The van der Waals surface area contributed by atoms with E-state index in [1.807, 2.05) is 18.2 Å². The highest BCUT2D eigenvalue weighted by Gasteiger charge is 2.23. The predicted molar refractivity (Wildman–Crippen MR) is 103 cm³/mol. The molecule has 0 bridgehead atoms. The molecule has 1 atom stereocenters. The van der Waals surface area contributed by atoms with Crippen molar-refractivity contribution in [3.05, 3.63) is 59.2 Å². The van der Waals surface area contributed by atoms with Crippen LogP contribution < -0.4 is 11.1 Å². The zero-order valence-corrected chi connectivity index (χ0v) is 15.8. The van der Waals surface area contributed by atoms with E-state index in [-0.39, 0.29) is 16.8 Å². The second kappa shape index (κ2) is 7.11. The van der Waals surface area contributed by atoms with Crippen LogP contribution in [0.4, 0.5) is 5.69 Å². The largest absolute Gasteiger partial charge is 0.399 e. The molecular formula is C20H24N2O3S. The summed E-state index contributed by atoms with van der Waals surface area (Å²) >= 11 is 0. The molecule has 1 aliphatic carbocycles. The summed E-state index contributed by atoms with van der Waals surface area (Å²) in [6.07, 6.45) is 2.84. The van der Waals surface area contributed by atoms with Gasteiger partial charge in [0.25, 0.3) is 5.91 Å². The van der Waals surface area contributed by atoms with Crippen molar-refractivity contribution in [3.63, 3.8) is 0 Å². The van der Waals surface area contributed by atoms with Gasteiger partial charge >= 0.3 is 0 Å². The van der Waals surface area contributed by atoms with Gasteiger partial charge in [-0.05, 0) is 80.6 Å². The first-order valence-electron chi connectivity index (χ1n) is 8.82. The molecule has 0 aromatic heterocycles. The van der Waals surface area contributed by atoms with Crippen molar-refractivity contribution in [1.29, 1.82) is 0 Å². The van der Waals surface area contributed by atoms with E-state index in [0.717, 1.165) is 30.5 Å². The Morgan fingerprint density at radius 3 is 2.50 bits per heavy atom. The second-order valence-electron chi connectivity index (χ2n) is 6.99. The number of nitrogens with one attached hydrogen (secondary N) is 1. The number of carbonyl (C=O) groups is 1. The summed E-state index contributed by atoms with van der Waals surface area (Å²) in [5.41, 5.74) is 9.33. The molecule has 26 heavy (non-hydrogen) atoms. The predicted octanol–water partition coefficient (Wildman–Crippen LogP) is 3.26. The van der Waals surface area contributed by atoms with E-state index < -0.39 is 15.1 Å². The average Bonchev–Trinajstić information content (AvgIpc) is 2.61.